The summed E-state index contributed by atoms with van der Waals surface area (Å²) < 4.78 is 40.5. The Morgan fingerprint density at radius 3 is 2.43 bits per heavy atom. The van der Waals surface area contributed by atoms with Gasteiger partial charge in [0.05, 0.1) is 10.6 Å². The van der Waals surface area contributed by atoms with Crippen LogP contribution >= 0.6 is 11.6 Å². The maximum Gasteiger partial charge on any atom is 0.573 e. The highest BCUT2D eigenvalue weighted by Crippen LogP contribution is 2.32. The molecule has 2 aromatic rings. The Kier molecular flexibility index (Phi) is 4.09. The Bertz CT molecular complexity index is 686. The van der Waals surface area contributed by atoms with Gasteiger partial charge in [-0.2, -0.15) is 0 Å². The highest BCUT2D eigenvalue weighted by atomic mass is 35.5. The molecule has 2 rings (SSSR count). The highest BCUT2D eigenvalue weighted by molar-refractivity contribution is 6.34. The number of rotatable bonds is 3. The highest BCUT2D eigenvalue weighted by Gasteiger charge is 2.31. The van der Waals surface area contributed by atoms with Gasteiger partial charge in [-0.25, -0.2) is 0 Å². The normalized spacial score (nSPS) is 11.2. The van der Waals surface area contributed by atoms with Crippen LogP contribution in [0.1, 0.15) is 10.4 Å². The van der Waals surface area contributed by atoms with Crippen LogP contribution in [-0.2, 0) is 0 Å². The Morgan fingerprint density at radius 1 is 1.14 bits per heavy atom. The van der Waals surface area contributed by atoms with Crippen LogP contribution in [0.5, 0.6) is 5.75 Å². The molecule has 0 saturated heterocycles. The molecule has 0 aromatic heterocycles. The molecule has 1 amide bonds. The number of halogens is 4. The van der Waals surface area contributed by atoms with E-state index in [0.29, 0.717) is 11.1 Å². The Hall–Kier alpha value is -2.21. The molecule has 0 unspecified atom stereocenters. The Morgan fingerprint density at radius 2 is 1.81 bits per heavy atom. The second kappa shape index (κ2) is 5.65. The maximum atomic E-state index is 12.2. The van der Waals surface area contributed by atoms with E-state index >= 15 is 0 Å². The molecule has 0 atom stereocenters. The van der Waals surface area contributed by atoms with Gasteiger partial charge in [-0.05, 0) is 29.3 Å². The lowest BCUT2D eigenvalue weighted by Gasteiger charge is -2.12. The van der Waals surface area contributed by atoms with E-state index < -0.39 is 18.0 Å². The van der Waals surface area contributed by atoms with Crippen LogP contribution in [0.15, 0.2) is 42.5 Å². The molecule has 0 bridgehead atoms. The molecule has 7 heteroatoms. The minimum Gasteiger partial charge on any atom is -0.406 e. The van der Waals surface area contributed by atoms with Crippen LogP contribution in [0.3, 0.4) is 0 Å². The predicted molar refractivity (Wildman–Crippen MR) is 72.1 cm³/mol. The van der Waals surface area contributed by atoms with E-state index in [1.807, 2.05) is 0 Å². The van der Waals surface area contributed by atoms with E-state index in [0.717, 1.165) is 12.1 Å². The minimum absolute atomic E-state index is 0.0447. The van der Waals surface area contributed by atoms with Gasteiger partial charge in [-0.3, -0.25) is 4.79 Å². The monoisotopic (exact) mass is 315 g/mol. The van der Waals surface area contributed by atoms with Crippen molar-refractivity contribution in [2.75, 3.05) is 0 Å². The van der Waals surface area contributed by atoms with Crippen molar-refractivity contribution in [3.63, 3.8) is 0 Å². The van der Waals surface area contributed by atoms with Crippen molar-refractivity contribution < 1.29 is 22.7 Å². The fraction of sp³-hybridized carbons (Fsp3) is 0.0714. The molecule has 0 saturated carbocycles. The molecule has 2 aromatic carbocycles. The first-order valence-electron chi connectivity index (χ1n) is 5.72. The van der Waals surface area contributed by atoms with E-state index in [1.165, 1.54) is 18.2 Å². The molecule has 0 aliphatic heterocycles. The van der Waals surface area contributed by atoms with E-state index in [-0.39, 0.29) is 10.6 Å². The Labute approximate surface area is 123 Å². The van der Waals surface area contributed by atoms with Crippen LogP contribution in [0.4, 0.5) is 13.2 Å². The van der Waals surface area contributed by atoms with Crippen LogP contribution in [-0.4, -0.2) is 12.3 Å². The molecule has 0 aliphatic rings. The lowest BCUT2D eigenvalue weighted by Crippen LogP contribution is -2.17. The number of primary amides is 1. The number of carbonyl (C=O) groups is 1. The van der Waals surface area contributed by atoms with Crippen molar-refractivity contribution in [1.29, 1.82) is 0 Å². The number of carbonyl (C=O) groups excluding carboxylic acids is 1. The third-order valence-corrected chi connectivity index (χ3v) is 2.95. The summed E-state index contributed by atoms with van der Waals surface area (Å²) in [6.45, 7) is 0. The molecular formula is C14H9ClF3NO2. The van der Waals surface area contributed by atoms with Gasteiger partial charge in [0, 0.05) is 0 Å². The van der Waals surface area contributed by atoms with Crippen molar-refractivity contribution in [3.05, 3.63) is 53.1 Å². The predicted octanol–water partition coefficient (Wildman–Crippen LogP) is 4.00. The van der Waals surface area contributed by atoms with Crippen LogP contribution in [0.2, 0.25) is 5.02 Å². The lowest BCUT2D eigenvalue weighted by atomic mass is 9.99. The van der Waals surface area contributed by atoms with Crippen LogP contribution in [0, 0.1) is 0 Å². The van der Waals surface area contributed by atoms with E-state index in [9.17, 15) is 18.0 Å². The summed E-state index contributed by atoms with van der Waals surface area (Å²) in [5.74, 6) is -1.16. The average molecular weight is 316 g/mol. The number of nitrogens with two attached hydrogens (primary N) is 1. The average Bonchev–Trinajstić information content (AvgIpc) is 2.36. The number of hydrogen-bond acceptors (Lipinski definition) is 2. The Balaban J connectivity index is 2.51. The van der Waals surface area contributed by atoms with Gasteiger partial charge in [-0.15, -0.1) is 13.2 Å². The van der Waals surface area contributed by atoms with Crippen molar-refractivity contribution in [3.8, 4) is 16.9 Å². The summed E-state index contributed by atoms with van der Waals surface area (Å²) in [4.78, 5) is 11.5. The molecule has 0 spiro atoms. The number of amides is 1. The van der Waals surface area contributed by atoms with Crippen LogP contribution in [0.25, 0.3) is 11.1 Å². The number of benzene rings is 2. The van der Waals surface area contributed by atoms with Crippen molar-refractivity contribution in [1.82, 2.24) is 0 Å². The third-order valence-electron chi connectivity index (χ3n) is 2.64. The van der Waals surface area contributed by atoms with Gasteiger partial charge >= 0.3 is 6.36 Å². The molecule has 0 heterocycles. The summed E-state index contributed by atoms with van der Waals surface area (Å²) in [5, 5.41) is 0.127. The first-order chi connectivity index (χ1) is 9.78. The molecule has 110 valence electrons. The molecule has 2 N–H and O–H groups in total. The lowest BCUT2D eigenvalue weighted by molar-refractivity contribution is -0.274. The zero-order valence-electron chi connectivity index (χ0n) is 10.4. The minimum atomic E-state index is -4.79. The quantitative estimate of drug-likeness (QED) is 0.930. The first kappa shape index (κ1) is 15.2. The van der Waals surface area contributed by atoms with Gasteiger partial charge in [-0.1, -0.05) is 35.9 Å². The first-order valence-corrected chi connectivity index (χ1v) is 6.10. The second-order valence-electron chi connectivity index (χ2n) is 4.10. The largest absolute Gasteiger partial charge is 0.573 e. The molecule has 0 aliphatic carbocycles. The maximum absolute atomic E-state index is 12.2. The van der Waals surface area contributed by atoms with Crippen molar-refractivity contribution >= 4 is 17.5 Å². The summed E-state index contributed by atoms with van der Waals surface area (Å²) in [6, 6.07) is 9.81. The van der Waals surface area contributed by atoms with Gasteiger partial charge in [0.2, 0.25) is 0 Å². The van der Waals surface area contributed by atoms with Crippen molar-refractivity contribution in [2.45, 2.75) is 6.36 Å². The zero-order chi connectivity index (χ0) is 15.6. The van der Waals surface area contributed by atoms with Gasteiger partial charge < -0.3 is 10.5 Å². The topological polar surface area (TPSA) is 52.3 Å². The van der Waals surface area contributed by atoms with Gasteiger partial charge in [0.15, 0.2) is 0 Å². The standard InChI is InChI=1S/C14H9ClF3NO2/c15-11-6-2-5-10(12(11)13(19)20)8-3-1-4-9(7-8)21-14(16,17)18/h1-7H,(H2,19,20). The summed E-state index contributed by atoms with van der Waals surface area (Å²) >= 11 is 5.91. The SMILES string of the molecule is NC(=O)c1c(Cl)cccc1-c1cccc(OC(F)(F)F)c1. The van der Waals surface area contributed by atoms with Crippen molar-refractivity contribution in [2.24, 2.45) is 5.73 Å². The molecule has 0 fully saturated rings. The summed E-state index contributed by atoms with van der Waals surface area (Å²) in [5.41, 5.74) is 5.98. The number of alkyl halides is 3. The third kappa shape index (κ3) is 3.66. The summed E-state index contributed by atoms with van der Waals surface area (Å²) in [7, 11) is 0. The fourth-order valence-corrected chi connectivity index (χ4v) is 2.14. The van der Waals surface area contributed by atoms with E-state index in [4.69, 9.17) is 17.3 Å². The van der Waals surface area contributed by atoms with E-state index in [1.54, 1.807) is 12.1 Å². The van der Waals surface area contributed by atoms with E-state index in [2.05, 4.69) is 4.74 Å². The van der Waals surface area contributed by atoms with Gasteiger partial charge in [0.1, 0.15) is 5.75 Å². The molecule has 0 radical (unpaired) electrons. The van der Waals surface area contributed by atoms with Crippen LogP contribution < -0.4 is 10.5 Å². The molecular weight excluding hydrogens is 307 g/mol. The molecule has 3 nitrogen and oxygen atoms in total. The molecule has 21 heavy (non-hydrogen) atoms. The zero-order valence-corrected chi connectivity index (χ0v) is 11.2. The fourth-order valence-electron chi connectivity index (χ4n) is 1.88. The number of hydrogen-bond donors (Lipinski definition) is 1. The smallest absolute Gasteiger partial charge is 0.406 e. The second-order valence-corrected chi connectivity index (χ2v) is 4.51. The number of ether oxygens (including phenoxy) is 1. The summed E-state index contributed by atoms with van der Waals surface area (Å²) in [6.07, 6.45) is -4.79. The van der Waals surface area contributed by atoms with Gasteiger partial charge in [0.25, 0.3) is 5.91 Å².